The lowest BCUT2D eigenvalue weighted by atomic mass is 10.1. The first-order valence-electron chi connectivity index (χ1n) is 6.79. The molecule has 118 valence electrons. The quantitative estimate of drug-likeness (QED) is 0.737. The van der Waals surface area contributed by atoms with E-state index in [2.05, 4.69) is 10.3 Å². The number of tetrazole rings is 1. The summed E-state index contributed by atoms with van der Waals surface area (Å²) in [6.07, 6.45) is 0. The maximum Gasteiger partial charge on any atom is 0.388 e. The molecule has 0 fully saturated rings. The van der Waals surface area contributed by atoms with Crippen LogP contribution in [0.1, 0.15) is 11.1 Å². The lowest BCUT2D eigenvalue weighted by Gasteiger charge is -2.10. The van der Waals surface area contributed by atoms with Gasteiger partial charge in [0.25, 0.3) is 0 Å². The molecule has 1 aromatic heterocycles. The number of hydrogen-bond donors (Lipinski definition) is 1. The molecule has 0 aliphatic rings. The molecule has 0 bridgehead atoms. The summed E-state index contributed by atoms with van der Waals surface area (Å²) < 4.78 is 1.34. The van der Waals surface area contributed by atoms with Crippen molar-refractivity contribution < 1.29 is 0 Å². The van der Waals surface area contributed by atoms with Gasteiger partial charge >= 0.3 is 5.69 Å². The van der Waals surface area contributed by atoms with E-state index in [-0.39, 0.29) is 0 Å². The average Bonchev–Trinajstić information content (AvgIpc) is 2.87. The number of aryl methyl sites for hydroxylation is 1. The highest BCUT2D eigenvalue weighted by Crippen LogP contribution is 2.24. The number of hydrogen-bond acceptors (Lipinski definition) is 4. The van der Waals surface area contributed by atoms with Crippen molar-refractivity contribution in [2.75, 3.05) is 5.73 Å². The zero-order valence-electron chi connectivity index (χ0n) is 12.2. The second-order valence-corrected chi connectivity index (χ2v) is 5.92. The lowest BCUT2D eigenvalue weighted by molar-refractivity contribution is 0.513. The summed E-state index contributed by atoms with van der Waals surface area (Å²) >= 11 is 11.9. The largest absolute Gasteiger partial charge is 0.399 e. The molecule has 0 radical (unpaired) electrons. The Labute approximate surface area is 142 Å². The average molecular weight is 350 g/mol. The van der Waals surface area contributed by atoms with Crippen LogP contribution in [-0.2, 0) is 6.54 Å². The van der Waals surface area contributed by atoms with E-state index in [1.807, 2.05) is 25.1 Å². The Hall–Kier alpha value is -2.31. The molecule has 0 unspecified atom stereocenters. The van der Waals surface area contributed by atoms with Gasteiger partial charge in [0.15, 0.2) is 0 Å². The fourth-order valence-electron chi connectivity index (χ4n) is 2.23. The van der Waals surface area contributed by atoms with Gasteiger partial charge in [0.05, 0.1) is 22.3 Å². The molecule has 8 heteroatoms. The van der Waals surface area contributed by atoms with E-state index in [4.69, 9.17) is 28.9 Å². The first-order valence-corrected chi connectivity index (χ1v) is 7.54. The summed E-state index contributed by atoms with van der Waals surface area (Å²) in [6, 6.07) is 10.6. The molecule has 0 amide bonds. The molecule has 0 spiro atoms. The lowest BCUT2D eigenvalue weighted by Crippen LogP contribution is -2.22. The maximum atomic E-state index is 12.0. The number of aromatic nitrogens is 4. The van der Waals surface area contributed by atoms with Gasteiger partial charge in [-0.2, -0.15) is 9.48 Å². The van der Waals surface area contributed by atoms with E-state index in [9.17, 15) is 4.79 Å². The maximum absolute atomic E-state index is 12.0. The minimum absolute atomic E-state index is 0.354. The Morgan fingerprint density at radius 1 is 1.13 bits per heavy atom. The van der Waals surface area contributed by atoms with E-state index >= 15 is 0 Å². The van der Waals surface area contributed by atoms with Crippen LogP contribution in [0, 0.1) is 6.92 Å². The molecule has 0 atom stereocenters. The summed E-state index contributed by atoms with van der Waals surface area (Å²) in [5.74, 6) is 0. The molecule has 6 nitrogen and oxygen atoms in total. The third kappa shape index (κ3) is 3.09. The molecular weight excluding hydrogens is 337 g/mol. The smallest absolute Gasteiger partial charge is 0.388 e. The number of benzene rings is 2. The number of halogens is 2. The Kier molecular flexibility index (Phi) is 4.11. The van der Waals surface area contributed by atoms with Gasteiger partial charge in [0.1, 0.15) is 0 Å². The van der Waals surface area contributed by atoms with Crippen LogP contribution in [0.5, 0.6) is 0 Å². The summed E-state index contributed by atoms with van der Waals surface area (Å²) in [5, 5.41) is 8.27. The van der Waals surface area contributed by atoms with Crippen LogP contribution in [0.2, 0.25) is 10.0 Å². The first kappa shape index (κ1) is 15.6. The molecule has 0 aliphatic carbocycles. The fourth-order valence-corrected chi connectivity index (χ4v) is 2.53. The van der Waals surface area contributed by atoms with Crippen LogP contribution in [0.15, 0.2) is 41.2 Å². The minimum Gasteiger partial charge on any atom is -0.399 e. The summed E-state index contributed by atoms with van der Waals surface area (Å²) in [4.78, 5) is 13.5. The van der Waals surface area contributed by atoms with Gasteiger partial charge in [0.2, 0.25) is 0 Å². The van der Waals surface area contributed by atoms with Crippen molar-refractivity contribution in [3.05, 3.63) is 68.1 Å². The van der Waals surface area contributed by atoms with Crippen LogP contribution in [0.4, 0.5) is 5.69 Å². The number of nitrogen functional groups attached to an aromatic ring is 1. The summed E-state index contributed by atoms with van der Waals surface area (Å²) in [6.45, 7) is 2.29. The number of nitrogens with zero attached hydrogens (tertiary/aromatic N) is 4. The van der Waals surface area contributed by atoms with Gasteiger partial charge < -0.3 is 5.73 Å². The minimum atomic E-state index is -0.490. The second-order valence-electron chi connectivity index (χ2n) is 5.10. The summed E-state index contributed by atoms with van der Waals surface area (Å²) in [5.41, 5.74) is 8.51. The highest BCUT2D eigenvalue weighted by Gasteiger charge is 2.11. The van der Waals surface area contributed by atoms with Crippen molar-refractivity contribution in [1.29, 1.82) is 0 Å². The second kappa shape index (κ2) is 6.06. The molecule has 2 aromatic carbocycles. The Morgan fingerprint density at radius 2 is 1.91 bits per heavy atom. The molecule has 3 aromatic rings. The van der Waals surface area contributed by atoms with Crippen molar-refractivity contribution in [3.63, 3.8) is 0 Å². The van der Waals surface area contributed by atoms with Crippen LogP contribution in [0.3, 0.4) is 0 Å². The molecule has 0 saturated heterocycles. The Bertz CT molecular complexity index is 932. The number of anilines is 1. The third-order valence-electron chi connectivity index (χ3n) is 3.45. The van der Waals surface area contributed by atoms with E-state index < -0.39 is 5.69 Å². The number of nitrogens with two attached hydrogens (primary N) is 1. The molecule has 2 N–H and O–H groups in total. The molecule has 0 aliphatic heterocycles. The molecular formula is C15H13Cl2N5O. The van der Waals surface area contributed by atoms with Crippen LogP contribution < -0.4 is 11.4 Å². The van der Waals surface area contributed by atoms with Gasteiger partial charge in [-0.3, -0.25) is 0 Å². The van der Waals surface area contributed by atoms with E-state index in [0.717, 1.165) is 11.1 Å². The van der Waals surface area contributed by atoms with Gasteiger partial charge in [0, 0.05) is 5.69 Å². The normalized spacial score (nSPS) is 10.9. The molecule has 3 rings (SSSR count). The Balaban J connectivity index is 2.03. The highest BCUT2D eigenvalue weighted by atomic mass is 35.5. The molecule has 0 saturated carbocycles. The standard InChI is InChI=1S/C15H13Cl2N5O/c1-9-6-10(2-5-14(9)18)8-21-20-19-15(23)22(21)11-3-4-12(16)13(17)7-11/h2-7H,8,18H2,1H3. The predicted octanol–water partition coefficient (Wildman–Crippen LogP) is 2.67. The van der Waals surface area contributed by atoms with E-state index in [0.29, 0.717) is 28.0 Å². The fraction of sp³-hybridized carbons (Fsp3) is 0.133. The van der Waals surface area contributed by atoms with Crippen molar-refractivity contribution in [2.45, 2.75) is 13.5 Å². The van der Waals surface area contributed by atoms with Crippen molar-refractivity contribution in [2.24, 2.45) is 0 Å². The zero-order valence-corrected chi connectivity index (χ0v) is 13.7. The third-order valence-corrected chi connectivity index (χ3v) is 4.19. The predicted molar refractivity (Wildman–Crippen MR) is 90.3 cm³/mol. The van der Waals surface area contributed by atoms with Gasteiger partial charge in [-0.25, -0.2) is 4.79 Å². The SMILES string of the molecule is Cc1cc(Cn2nnc(=O)n2-c2ccc(Cl)c(Cl)c2)ccc1N. The first-order chi connectivity index (χ1) is 11.0. The number of rotatable bonds is 3. The van der Waals surface area contributed by atoms with Crippen LogP contribution in [0.25, 0.3) is 5.69 Å². The van der Waals surface area contributed by atoms with Crippen molar-refractivity contribution in [1.82, 2.24) is 19.8 Å². The topological polar surface area (TPSA) is 78.7 Å². The van der Waals surface area contributed by atoms with E-state index in [1.165, 1.54) is 9.48 Å². The molecule has 1 heterocycles. The van der Waals surface area contributed by atoms with Crippen molar-refractivity contribution in [3.8, 4) is 5.69 Å². The monoisotopic (exact) mass is 349 g/mol. The van der Waals surface area contributed by atoms with Gasteiger partial charge in [-0.1, -0.05) is 40.4 Å². The van der Waals surface area contributed by atoms with E-state index in [1.54, 1.807) is 18.2 Å². The van der Waals surface area contributed by atoms with Crippen LogP contribution in [-0.4, -0.2) is 19.8 Å². The van der Waals surface area contributed by atoms with Crippen molar-refractivity contribution >= 4 is 28.9 Å². The Morgan fingerprint density at radius 3 is 2.61 bits per heavy atom. The van der Waals surface area contributed by atoms with Gasteiger partial charge in [-0.05, 0) is 47.5 Å². The molecule has 23 heavy (non-hydrogen) atoms. The highest BCUT2D eigenvalue weighted by molar-refractivity contribution is 6.42. The zero-order chi connectivity index (χ0) is 16.6. The van der Waals surface area contributed by atoms with Gasteiger partial charge in [-0.15, -0.1) is 0 Å². The van der Waals surface area contributed by atoms with Crippen LogP contribution >= 0.6 is 23.2 Å². The summed E-state index contributed by atoms with van der Waals surface area (Å²) in [7, 11) is 0.